The van der Waals surface area contributed by atoms with Crippen LogP contribution in [0.4, 0.5) is 0 Å². The van der Waals surface area contributed by atoms with Gasteiger partial charge in [-0.2, -0.15) is 0 Å². The number of nitrogens with two attached hydrogens (primary N) is 1. The van der Waals surface area contributed by atoms with Crippen molar-refractivity contribution in [2.24, 2.45) is 5.73 Å². The molecule has 0 amide bonds. The van der Waals surface area contributed by atoms with Crippen molar-refractivity contribution < 1.29 is 17.1 Å². The Labute approximate surface area is 168 Å². The molecular weight excluding hydrogens is 378 g/mol. The molecule has 0 atom stereocenters. The minimum Gasteiger partial charge on any atom is -0.419 e. The number of hydrogen-bond acceptors (Lipinski definition) is 8. The highest BCUT2D eigenvalue weighted by Crippen LogP contribution is 2.25. The zero-order chi connectivity index (χ0) is 20.3. The van der Waals surface area contributed by atoms with Crippen molar-refractivity contribution in [3.05, 3.63) is 42.0 Å². The maximum absolute atomic E-state index is 12.3. The first-order valence-electron chi connectivity index (χ1n) is 9.03. The molecule has 2 aromatic heterocycles. The van der Waals surface area contributed by atoms with E-state index in [4.69, 9.17) is 10.2 Å². The van der Waals surface area contributed by atoms with E-state index in [1.807, 2.05) is 6.92 Å². The summed E-state index contributed by atoms with van der Waals surface area (Å²) < 4.78 is 30.2. The molecule has 8 nitrogen and oxygen atoms in total. The summed E-state index contributed by atoms with van der Waals surface area (Å²) in [5, 5.41) is 7.61. The molecule has 2 heterocycles. The molecule has 3 aromatic rings. The Morgan fingerprint density at radius 1 is 1.18 bits per heavy atom. The van der Waals surface area contributed by atoms with Gasteiger partial charge in [-0.05, 0) is 45.9 Å². The van der Waals surface area contributed by atoms with Gasteiger partial charge in [0.05, 0.1) is 27.7 Å². The van der Waals surface area contributed by atoms with E-state index in [1.165, 1.54) is 0 Å². The van der Waals surface area contributed by atoms with Gasteiger partial charge >= 0.3 is 0 Å². The van der Waals surface area contributed by atoms with Crippen LogP contribution >= 0.6 is 0 Å². The lowest BCUT2D eigenvalue weighted by Gasteiger charge is -2.09. The summed E-state index contributed by atoms with van der Waals surface area (Å²) in [5.41, 5.74) is 8.02. The summed E-state index contributed by atoms with van der Waals surface area (Å²) in [6, 6.07) is 6.62. The summed E-state index contributed by atoms with van der Waals surface area (Å²) in [6.45, 7) is 5.68. The van der Waals surface area contributed by atoms with Crippen molar-refractivity contribution in [1.29, 1.82) is 0 Å². The fourth-order valence-electron chi connectivity index (χ4n) is 2.58. The minimum absolute atomic E-state index is 0. The average Bonchev–Trinajstić information content (AvgIpc) is 3.15. The Bertz CT molecular complexity index is 1070. The number of nitrogens with zero attached hydrogens (tertiary/aromatic N) is 4. The average molecular weight is 408 g/mol. The molecule has 0 aliphatic rings. The van der Waals surface area contributed by atoms with Gasteiger partial charge in [0.25, 0.3) is 5.89 Å². The van der Waals surface area contributed by atoms with E-state index in [0.29, 0.717) is 41.8 Å². The molecule has 0 bridgehead atoms. The molecular formula is C19H29N5O3S. The lowest BCUT2D eigenvalue weighted by molar-refractivity contribution is 0.497. The Kier molecular flexibility index (Phi) is 5.85. The molecule has 9 heteroatoms. The zero-order valence-corrected chi connectivity index (χ0v) is 16.9. The molecule has 0 unspecified atom stereocenters. The SMILES string of the molecule is Cc1ncc(-c2ccc(S(=O)(=O)C(C)C)cc2)nc1-c1nnc(CCCN)o1.[HH].[HH].[HH]. The second kappa shape index (κ2) is 8.15. The standard InChI is InChI=1S/C19H23N5O3S.3H2/c1-12(2)28(25,26)15-8-6-14(7-9-15)16-11-21-13(3)18(22-16)19-24-23-17(27-19)5-4-10-20;;;/h6-9,11-12H,4-5,10,20H2,1-3H3;3*1H. The largest absolute Gasteiger partial charge is 0.419 e. The van der Waals surface area contributed by atoms with Crippen molar-refractivity contribution in [2.75, 3.05) is 6.54 Å². The van der Waals surface area contributed by atoms with Crippen molar-refractivity contribution in [1.82, 2.24) is 20.2 Å². The van der Waals surface area contributed by atoms with E-state index >= 15 is 0 Å². The molecule has 0 fully saturated rings. The number of benzene rings is 1. The van der Waals surface area contributed by atoms with Crippen LogP contribution in [-0.2, 0) is 16.3 Å². The van der Waals surface area contributed by atoms with E-state index in [9.17, 15) is 8.42 Å². The molecule has 0 aliphatic carbocycles. The van der Waals surface area contributed by atoms with Crippen LogP contribution in [0.2, 0.25) is 0 Å². The van der Waals surface area contributed by atoms with Gasteiger partial charge in [-0.3, -0.25) is 4.98 Å². The lowest BCUT2D eigenvalue weighted by Crippen LogP contribution is -2.13. The lowest BCUT2D eigenvalue weighted by atomic mass is 10.1. The fourth-order valence-corrected chi connectivity index (χ4v) is 3.64. The van der Waals surface area contributed by atoms with E-state index < -0.39 is 15.1 Å². The summed E-state index contributed by atoms with van der Waals surface area (Å²) in [7, 11) is -3.32. The van der Waals surface area contributed by atoms with Crippen LogP contribution in [0.3, 0.4) is 0 Å². The van der Waals surface area contributed by atoms with Crippen molar-refractivity contribution in [2.45, 2.75) is 43.8 Å². The van der Waals surface area contributed by atoms with Gasteiger partial charge < -0.3 is 10.2 Å². The van der Waals surface area contributed by atoms with Crippen LogP contribution in [0.25, 0.3) is 22.8 Å². The van der Waals surface area contributed by atoms with Gasteiger partial charge in [-0.1, -0.05) is 12.1 Å². The highest BCUT2D eigenvalue weighted by molar-refractivity contribution is 7.92. The number of sulfone groups is 1. The Hall–Kier alpha value is -2.65. The van der Waals surface area contributed by atoms with Crippen LogP contribution in [-0.4, -0.2) is 40.4 Å². The smallest absolute Gasteiger partial charge is 0.268 e. The van der Waals surface area contributed by atoms with E-state index in [0.717, 1.165) is 12.0 Å². The van der Waals surface area contributed by atoms with Crippen molar-refractivity contribution >= 4 is 9.84 Å². The minimum atomic E-state index is -3.32. The monoisotopic (exact) mass is 407 g/mol. The highest BCUT2D eigenvalue weighted by atomic mass is 32.2. The number of aromatic nitrogens is 4. The summed E-state index contributed by atoms with van der Waals surface area (Å²) in [4.78, 5) is 9.26. The number of hydrogen-bond donors (Lipinski definition) is 1. The van der Waals surface area contributed by atoms with Gasteiger partial charge in [-0.15, -0.1) is 10.2 Å². The van der Waals surface area contributed by atoms with Crippen molar-refractivity contribution in [3.8, 4) is 22.8 Å². The normalized spacial score (nSPS) is 11.9. The first-order valence-corrected chi connectivity index (χ1v) is 10.6. The zero-order valence-electron chi connectivity index (χ0n) is 16.1. The van der Waals surface area contributed by atoms with Gasteiger partial charge in [0.2, 0.25) is 5.89 Å². The molecule has 154 valence electrons. The second-order valence-electron chi connectivity index (χ2n) is 6.70. The molecule has 0 saturated carbocycles. The van der Waals surface area contributed by atoms with E-state index in [1.54, 1.807) is 44.3 Å². The van der Waals surface area contributed by atoms with Gasteiger partial charge in [0, 0.05) is 16.3 Å². The van der Waals surface area contributed by atoms with Crippen LogP contribution in [0, 0.1) is 6.92 Å². The molecule has 0 spiro atoms. The summed E-state index contributed by atoms with van der Waals surface area (Å²) >= 11 is 0. The quantitative estimate of drug-likeness (QED) is 0.632. The van der Waals surface area contributed by atoms with Crippen LogP contribution in [0.5, 0.6) is 0 Å². The van der Waals surface area contributed by atoms with E-state index in [-0.39, 0.29) is 9.18 Å². The van der Waals surface area contributed by atoms with Gasteiger partial charge in [0.1, 0.15) is 5.69 Å². The number of rotatable bonds is 7. The molecule has 0 radical (unpaired) electrons. The summed E-state index contributed by atoms with van der Waals surface area (Å²) in [5.74, 6) is 0.813. The number of aryl methyl sites for hydroxylation is 2. The van der Waals surface area contributed by atoms with Crippen LogP contribution in [0.15, 0.2) is 39.8 Å². The van der Waals surface area contributed by atoms with Crippen LogP contribution < -0.4 is 5.73 Å². The highest BCUT2D eigenvalue weighted by Gasteiger charge is 2.19. The Morgan fingerprint density at radius 3 is 2.54 bits per heavy atom. The Morgan fingerprint density at radius 2 is 1.89 bits per heavy atom. The van der Waals surface area contributed by atoms with Crippen molar-refractivity contribution in [3.63, 3.8) is 0 Å². The molecule has 3 rings (SSSR count). The predicted molar refractivity (Wildman–Crippen MR) is 112 cm³/mol. The molecule has 2 N–H and O–H groups in total. The summed E-state index contributed by atoms with van der Waals surface area (Å²) in [6.07, 6.45) is 3.01. The third-order valence-electron chi connectivity index (χ3n) is 4.32. The maximum atomic E-state index is 12.3. The van der Waals surface area contributed by atoms with Gasteiger partial charge in [0.15, 0.2) is 9.84 Å². The third kappa shape index (κ3) is 4.10. The van der Waals surface area contributed by atoms with Crippen LogP contribution in [0.1, 0.15) is 36.1 Å². The van der Waals surface area contributed by atoms with E-state index in [2.05, 4.69) is 20.2 Å². The maximum Gasteiger partial charge on any atom is 0.268 e. The van der Waals surface area contributed by atoms with Gasteiger partial charge in [-0.25, -0.2) is 13.4 Å². The topological polar surface area (TPSA) is 125 Å². The Balaban J connectivity index is 0.00000300. The first kappa shape index (κ1) is 20.1. The fraction of sp³-hybridized carbons (Fsp3) is 0.368. The second-order valence-corrected chi connectivity index (χ2v) is 9.20. The third-order valence-corrected chi connectivity index (χ3v) is 6.49. The first-order chi connectivity index (χ1) is 13.3. The molecule has 1 aromatic carbocycles. The molecule has 0 saturated heterocycles. The molecule has 28 heavy (non-hydrogen) atoms. The molecule has 0 aliphatic heterocycles. The predicted octanol–water partition coefficient (Wildman–Crippen LogP) is 3.31.